The molecule has 0 saturated carbocycles. The molecule has 1 heterocycles. The van der Waals surface area contributed by atoms with Crippen molar-refractivity contribution in [2.45, 2.75) is 13.3 Å². The molecule has 0 unspecified atom stereocenters. The van der Waals surface area contributed by atoms with Crippen LogP contribution in [0.2, 0.25) is 0 Å². The number of hydrogen-bond donors (Lipinski definition) is 0. The van der Waals surface area contributed by atoms with Gasteiger partial charge in [0.15, 0.2) is 0 Å². The van der Waals surface area contributed by atoms with Gasteiger partial charge in [-0.2, -0.15) is 5.26 Å². The first-order chi connectivity index (χ1) is 6.66. The SMILES string of the molecule is Cc1nnsc1C(=O)N(C)CCC#N. The first-order valence-electron chi connectivity index (χ1n) is 4.08. The van der Waals surface area contributed by atoms with Gasteiger partial charge >= 0.3 is 0 Å². The maximum Gasteiger partial charge on any atom is 0.267 e. The molecule has 0 aromatic carbocycles. The third kappa shape index (κ3) is 2.26. The summed E-state index contributed by atoms with van der Waals surface area (Å²) in [6.07, 6.45) is 0.341. The second kappa shape index (κ2) is 4.67. The summed E-state index contributed by atoms with van der Waals surface area (Å²) in [5.41, 5.74) is 0.642. The Morgan fingerprint density at radius 2 is 2.43 bits per heavy atom. The van der Waals surface area contributed by atoms with Crippen molar-refractivity contribution in [3.63, 3.8) is 0 Å². The number of aromatic nitrogens is 2. The zero-order chi connectivity index (χ0) is 10.6. The molecule has 0 fully saturated rings. The molecule has 0 aliphatic carbocycles. The second-order valence-electron chi connectivity index (χ2n) is 2.82. The van der Waals surface area contributed by atoms with Crippen molar-refractivity contribution in [3.05, 3.63) is 10.6 Å². The van der Waals surface area contributed by atoms with Crippen LogP contribution in [0.1, 0.15) is 21.8 Å². The number of nitriles is 1. The number of aryl methyl sites for hydroxylation is 1. The van der Waals surface area contributed by atoms with Crippen LogP contribution in [0.4, 0.5) is 0 Å². The molecule has 1 aromatic rings. The Morgan fingerprint density at radius 3 is 2.93 bits per heavy atom. The van der Waals surface area contributed by atoms with Gasteiger partial charge in [0.2, 0.25) is 0 Å². The molecule has 1 amide bonds. The van der Waals surface area contributed by atoms with Crippen LogP contribution in [-0.2, 0) is 0 Å². The molecule has 0 bridgehead atoms. The highest BCUT2D eigenvalue weighted by atomic mass is 32.1. The average molecular weight is 210 g/mol. The molecular formula is C8H10N4OS. The molecule has 0 spiro atoms. The third-order valence-electron chi connectivity index (χ3n) is 1.75. The van der Waals surface area contributed by atoms with Gasteiger partial charge in [-0.25, -0.2) is 0 Å². The second-order valence-corrected chi connectivity index (χ2v) is 3.58. The third-order valence-corrected chi connectivity index (χ3v) is 2.57. The van der Waals surface area contributed by atoms with Crippen molar-refractivity contribution in [3.8, 4) is 6.07 Å². The van der Waals surface area contributed by atoms with Gasteiger partial charge in [0, 0.05) is 13.6 Å². The topological polar surface area (TPSA) is 69.9 Å². The van der Waals surface area contributed by atoms with Crippen LogP contribution in [0.25, 0.3) is 0 Å². The summed E-state index contributed by atoms with van der Waals surface area (Å²) < 4.78 is 3.68. The fourth-order valence-corrected chi connectivity index (χ4v) is 1.57. The van der Waals surface area contributed by atoms with E-state index < -0.39 is 0 Å². The molecule has 0 N–H and O–H groups in total. The van der Waals surface area contributed by atoms with E-state index in [1.165, 1.54) is 4.90 Å². The molecule has 0 saturated heterocycles. The van der Waals surface area contributed by atoms with Crippen molar-refractivity contribution < 1.29 is 4.79 Å². The summed E-state index contributed by atoms with van der Waals surface area (Å²) in [6.45, 7) is 2.18. The van der Waals surface area contributed by atoms with Crippen LogP contribution in [0.5, 0.6) is 0 Å². The average Bonchev–Trinajstić information content (AvgIpc) is 2.59. The number of amides is 1. The summed E-state index contributed by atoms with van der Waals surface area (Å²) in [5.74, 6) is -0.118. The summed E-state index contributed by atoms with van der Waals surface area (Å²) in [4.78, 5) is 13.7. The molecule has 14 heavy (non-hydrogen) atoms. The van der Waals surface area contributed by atoms with Crippen LogP contribution in [0.15, 0.2) is 0 Å². The highest BCUT2D eigenvalue weighted by molar-refractivity contribution is 7.07. The molecule has 0 radical (unpaired) electrons. The minimum Gasteiger partial charge on any atom is -0.340 e. The lowest BCUT2D eigenvalue weighted by Gasteiger charge is -2.13. The van der Waals surface area contributed by atoms with E-state index in [0.717, 1.165) is 11.5 Å². The predicted molar refractivity (Wildman–Crippen MR) is 51.8 cm³/mol. The predicted octanol–water partition coefficient (Wildman–Crippen LogP) is 0.832. The Kier molecular flexibility index (Phi) is 3.54. The normalized spacial score (nSPS) is 9.50. The van der Waals surface area contributed by atoms with E-state index in [2.05, 4.69) is 9.59 Å². The first-order valence-corrected chi connectivity index (χ1v) is 4.85. The van der Waals surface area contributed by atoms with Crippen molar-refractivity contribution in [1.29, 1.82) is 5.26 Å². The van der Waals surface area contributed by atoms with Gasteiger partial charge < -0.3 is 4.90 Å². The van der Waals surface area contributed by atoms with Crippen molar-refractivity contribution in [1.82, 2.24) is 14.5 Å². The highest BCUT2D eigenvalue weighted by Crippen LogP contribution is 2.11. The lowest BCUT2D eigenvalue weighted by molar-refractivity contribution is 0.0802. The number of rotatable bonds is 3. The Bertz CT molecular complexity index is 368. The lowest BCUT2D eigenvalue weighted by atomic mass is 10.3. The van der Waals surface area contributed by atoms with Crippen LogP contribution in [0.3, 0.4) is 0 Å². The van der Waals surface area contributed by atoms with E-state index in [1.54, 1.807) is 14.0 Å². The van der Waals surface area contributed by atoms with Crippen LogP contribution < -0.4 is 0 Å². The van der Waals surface area contributed by atoms with Crippen molar-refractivity contribution in [2.75, 3.05) is 13.6 Å². The fourth-order valence-electron chi connectivity index (χ4n) is 0.920. The standard InChI is InChI=1S/C8H10N4OS/c1-6-7(14-11-10-6)8(13)12(2)5-3-4-9/h3,5H2,1-2H3. The molecule has 0 aliphatic rings. The molecular weight excluding hydrogens is 200 g/mol. The van der Waals surface area contributed by atoms with Crippen molar-refractivity contribution in [2.24, 2.45) is 0 Å². The number of nitrogens with zero attached hydrogens (tertiary/aromatic N) is 4. The quantitative estimate of drug-likeness (QED) is 0.741. The molecule has 1 aromatic heterocycles. The fraction of sp³-hybridized carbons (Fsp3) is 0.500. The maximum absolute atomic E-state index is 11.7. The smallest absolute Gasteiger partial charge is 0.267 e. The van der Waals surface area contributed by atoms with Gasteiger partial charge in [0.05, 0.1) is 18.2 Å². The number of carbonyl (C=O) groups is 1. The van der Waals surface area contributed by atoms with Crippen molar-refractivity contribution >= 4 is 17.4 Å². The van der Waals surface area contributed by atoms with E-state index in [1.807, 2.05) is 6.07 Å². The maximum atomic E-state index is 11.7. The van der Waals surface area contributed by atoms with Crippen LogP contribution >= 0.6 is 11.5 Å². The van der Waals surface area contributed by atoms with E-state index in [-0.39, 0.29) is 5.91 Å². The summed E-state index contributed by atoms with van der Waals surface area (Å²) in [6, 6.07) is 1.99. The molecule has 0 aliphatic heterocycles. The number of carbonyl (C=O) groups excluding carboxylic acids is 1. The Balaban J connectivity index is 2.67. The summed E-state index contributed by atoms with van der Waals surface area (Å²) >= 11 is 1.08. The van der Waals surface area contributed by atoms with Gasteiger partial charge in [0.1, 0.15) is 4.88 Å². The molecule has 5 nitrogen and oxygen atoms in total. The largest absolute Gasteiger partial charge is 0.340 e. The van der Waals surface area contributed by atoms with Gasteiger partial charge in [-0.05, 0) is 18.5 Å². The Morgan fingerprint density at radius 1 is 1.71 bits per heavy atom. The molecule has 74 valence electrons. The van der Waals surface area contributed by atoms with Gasteiger partial charge in [-0.15, -0.1) is 5.10 Å². The molecule has 1 rings (SSSR count). The van der Waals surface area contributed by atoms with E-state index in [4.69, 9.17) is 5.26 Å². The zero-order valence-electron chi connectivity index (χ0n) is 8.02. The number of hydrogen-bond acceptors (Lipinski definition) is 5. The molecule has 6 heteroatoms. The summed E-state index contributed by atoms with van der Waals surface area (Å²) in [5, 5.41) is 12.1. The van der Waals surface area contributed by atoms with E-state index in [9.17, 15) is 4.79 Å². The Hall–Kier alpha value is -1.48. The minimum atomic E-state index is -0.118. The van der Waals surface area contributed by atoms with Gasteiger partial charge in [-0.3, -0.25) is 4.79 Å². The van der Waals surface area contributed by atoms with Gasteiger partial charge in [0.25, 0.3) is 5.91 Å². The lowest BCUT2D eigenvalue weighted by Crippen LogP contribution is -2.27. The van der Waals surface area contributed by atoms with Crippen LogP contribution in [-0.4, -0.2) is 34.0 Å². The zero-order valence-corrected chi connectivity index (χ0v) is 8.84. The van der Waals surface area contributed by atoms with E-state index >= 15 is 0 Å². The van der Waals surface area contributed by atoms with Crippen LogP contribution in [0, 0.1) is 18.3 Å². The Labute approximate surface area is 86.1 Å². The van der Waals surface area contributed by atoms with Gasteiger partial charge in [-0.1, -0.05) is 4.49 Å². The monoisotopic (exact) mass is 210 g/mol. The summed E-state index contributed by atoms with van der Waals surface area (Å²) in [7, 11) is 1.67. The minimum absolute atomic E-state index is 0.118. The first kappa shape index (κ1) is 10.6. The molecule has 0 atom stereocenters. The highest BCUT2D eigenvalue weighted by Gasteiger charge is 2.16. The van der Waals surface area contributed by atoms with E-state index in [0.29, 0.717) is 23.5 Å².